The van der Waals surface area contributed by atoms with Crippen LogP contribution >= 0.6 is 0 Å². The average Bonchev–Trinajstić information content (AvgIpc) is 2.10. The van der Waals surface area contributed by atoms with Gasteiger partial charge in [0.1, 0.15) is 0 Å². The van der Waals surface area contributed by atoms with Crippen molar-refractivity contribution in [3.8, 4) is 0 Å². The van der Waals surface area contributed by atoms with Gasteiger partial charge in [-0.05, 0) is 26.1 Å². The molecule has 0 aliphatic rings. The van der Waals surface area contributed by atoms with E-state index < -0.39 is 0 Å². The Labute approximate surface area is 72.8 Å². The van der Waals surface area contributed by atoms with Crippen LogP contribution < -0.4 is 0 Å². The van der Waals surface area contributed by atoms with E-state index in [9.17, 15) is 0 Å². The predicted octanol–water partition coefficient (Wildman–Crippen LogP) is 3.15. The van der Waals surface area contributed by atoms with Crippen LogP contribution in [0.25, 0.3) is 0 Å². The highest BCUT2D eigenvalue weighted by atomic mass is 15.1. The molecular weight excluding hydrogens is 134 g/mol. The molecule has 0 radical (unpaired) electrons. The second-order valence-corrected chi connectivity index (χ2v) is 2.38. The molecule has 0 atom stereocenters. The summed E-state index contributed by atoms with van der Waals surface area (Å²) in [5.41, 5.74) is 0. The molecule has 0 rings (SSSR count). The molecule has 0 unspecified atom stereocenters. The third-order valence-electron chi connectivity index (χ3n) is 1.72. The summed E-state index contributed by atoms with van der Waals surface area (Å²) in [7, 11) is 0. The van der Waals surface area contributed by atoms with Gasteiger partial charge in [-0.3, -0.25) is 0 Å². The topological polar surface area (TPSA) is 3.24 Å². The zero-order chi connectivity index (χ0) is 9.11. The van der Waals surface area contributed by atoms with Crippen molar-refractivity contribution in [2.75, 3.05) is 19.6 Å². The van der Waals surface area contributed by atoms with Gasteiger partial charge in [0.2, 0.25) is 0 Å². The molecule has 0 bridgehead atoms. The van der Waals surface area contributed by atoms with E-state index in [2.05, 4.69) is 25.7 Å². The normalized spacial score (nSPS) is 9.27. The molecule has 1 nitrogen and oxygen atoms in total. The van der Waals surface area contributed by atoms with Crippen LogP contribution in [0.2, 0.25) is 0 Å². The number of hydrogen-bond donors (Lipinski definition) is 0. The first-order chi connectivity index (χ1) is 5.35. The molecule has 0 aliphatic carbocycles. The Morgan fingerprint density at radius 1 is 0.909 bits per heavy atom. The van der Waals surface area contributed by atoms with Crippen molar-refractivity contribution in [1.29, 1.82) is 0 Å². The Balaban J connectivity index is 0. The Morgan fingerprint density at radius 3 is 1.64 bits per heavy atom. The zero-order valence-electron chi connectivity index (χ0n) is 8.98. The molecule has 0 aliphatic heterocycles. The standard InChI is InChI=1S/C8H19N.C2H6/c1-4-7-8-9(5-2)6-3;1-2/h4-8H2,1-3H3;1-2H3. The second-order valence-electron chi connectivity index (χ2n) is 2.38. The highest BCUT2D eigenvalue weighted by Crippen LogP contribution is 1.92. The zero-order valence-corrected chi connectivity index (χ0v) is 8.98. The van der Waals surface area contributed by atoms with Gasteiger partial charge in [-0.25, -0.2) is 0 Å². The maximum atomic E-state index is 2.46. The summed E-state index contributed by atoms with van der Waals surface area (Å²) in [6.07, 6.45) is 2.66. The minimum absolute atomic E-state index is 1.20. The lowest BCUT2D eigenvalue weighted by Gasteiger charge is -2.16. The number of nitrogens with zero attached hydrogens (tertiary/aromatic N) is 1. The summed E-state index contributed by atoms with van der Waals surface area (Å²) in [4.78, 5) is 2.46. The fourth-order valence-electron chi connectivity index (χ4n) is 0.922. The summed E-state index contributed by atoms with van der Waals surface area (Å²) in [5, 5.41) is 0. The first-order valence-electron chi connectivity index (χ1n) is 5.07. The molecule has 1 heteroatoms. The van der Waals surface area contributed by atoms with Crippen LogP contribution in [0.4, 0.5) is 0 Å². The monoisotopic (exact) mass is 159 g/mol. The van der Waals surface area contributed by atoms with Gasteiger partial charge in [0.15, 0.2) is 0 Å². The fourth-order valence-corrected chi connectivity index (χ4v) is 0.922. The minimum Gasteiger partial charge on any atom is -0.304 e. The number of hydrogen-bond acceptors (Lipinski definition) is 1. The van der Waals surface area contributed by atoms with Crippen molar-refractivity contribution in [3.63, 3.8) is 0 Å². The van der Waals surface area contributed by atoms with Gasteiger partial charge in [-0.1, -0.05) is 41.0 Å². The van der Waals surface area contributed by atoms with E-state index in [1.54, 1.807) is 0 Å². The van der Waals surface area contributed by atoms with Gasteiger partial charge in [-0.15, -0.1) is 0 Å². The summed E-state index contributed by atoms with van der Waals surface area (Å²) < 4.78 is 0. The van der Waals surface area contributed by atoms with Crippen molar-refractivity contribution < 1.29 is 0 Å². The Kier molecular flexibility index (Phi) is 15.5. The molecule has 0 saturated heterocycles. The molecule has 0 aromatic rings. The van der Waals surface area contributed by atoms with Gasteiger partial charge >= 0.3 is 0 Å². The number of rotatable bonds is 5. The quantitative estimate of drug-likeness (QED) is 0.595. The summed E-state index contributed by atoms with van der Waals surface area (Å²) in [6, 6.07) is 0. The van der Waals surface area contributed by atoms with Crippen molar-refractivity contribution >= 4 is 0 Å². The van der Waals surface area contributed by atoms with Gasteiger partial charge in [-0.2, -0.15) is 0 Å². The molecule has 0 heterocycles. The first-order valence-corrected chi connectivity index (χ1v) is 5.07. The summed E-state index contributed by atoms with van der Waals surface area (Å²) in [5.74, 6) is 0. The predicted molar refractivity (Wildman–Crippen MR) is 54.0 cm³/mol. The van der Waals surface area contributed by atoms with E-state index in [0.29, 0.717) is 0 Å². The molecule has 70 valence electrons. The van der Waals surface area contributed by atoms with Crippen LogP contribution in [0, 0.1) is 0 Å². The lowest BCUT2D eigenvalue weighted by Crippen LogP contribution is -2.23. The Morgan fingerprint density at radius 2 is 1.36 bits per heavy atom. The van der Waals surface area contributed by atoms with Crippen molar-refractivity contribution in [2.45, 2.75) is 47.5 Å². The molecule has 0 aromatic carbocycles. The van der Waals surface area contributed by atoms with Crippen molar-refractivity contribution in [3.05, 3.63) is 0 Å². The van der Waals surface area contributed by atoms with Crippen molar-refractivity contribution in [1.82, 2.24) is 4.90 Å². The maximum Gasteiger partial charge on any atom is -0.00191 e. The summed E-state index contributed by atoms with van der Waals surface area (Å²) in [6.45, 7) is 14.4. The SMILES string of the molecule is CC.CCCCN(CC)CC. The maximum absolute atomic E-state index is 2.46. The average molecular weight is 159 g/mol. The van der Waals surface area contributed by atoms with Crippen LogP contribution in [0.5, 0.6) is 0 Å². The minimum atomic E-state index is 1.20. The van der Waals surface area contributed by atoms with Crippen LogP contribution in [0.3, 0.4) is 0 Å². The summed E-state index contributed by atoms with van der Waals surface area (Å²) >= 11 is 0. The molecule has 0 aromatic heterocycles. The molecule has 0 saturated carbocycles. The third kappa shape index (κ3) is 9.96. The van der Waals surface area contributed by atoms with Gasteiger partial charge < -0.3 is 4.90 Å². The third-order valence-corrected chi connectivity index (χ3v) is 1.72. The fraction of sp³-hybridized carbons (Fsp3) is 1.00. The van der Waals surface area contributed by atoms with Crippen molar-refractivity contribution in [2.24, 2.45) is 0 Å². The second kappa shape index (κ2) is 12.6. The van der Waals surface area contributed by atoms with E-state index in [-0.39, 0.29) is 0 Å². The Hall–Kier alpha value is -0.0400. The number of unbranched alkanes of at least 4 members (excludes halogenated alkanes) is 1. The van der Waals surface area contributed by atoms with Gasteiger partial charge in [0, 0.05) is 0 Å². The van der Waals surface area contributed by atoms with Crippen LogP contribution in [-0.2, 0) is 0 Å². The first kappa shape index (κ1) is 13.5. The smallest absolute Gasteiger partial charge is 0.00191 e. The Bertz CT molecular complexity index is 48.8. The lowest BCUT2D eigenvalue weighted by molar-refractivity contribution is 0.299. The van der Waals surface area contributed by atoms with E-state index in [4.69, 9.17) is 0 Å². The molecule has 0 N–H and O–H groups in total. The van der Waals surface area contributed by atoms with E-state index in [0.717, 1.165) is 0 Å². The largest absolute Gasteiger partial charge is 0.304 e. The van der Waals surface area contributed by atoms with Crippen LogP contribution in [-0.4, -0.2) is 24.5 Å². The van der Waals surface area contributed by atoms with E-state index >= 15 is 0 Å². The molecule has 11 heavy (non-hydrogen) atoms. The molecule has 0 amide bonds. The van der Waals surface area contributed by atoms with E-state index in [1.807, 2.05) is 13.8 Å². The highest BCUT2D eigenvalue weighted by Gasteiger charge is 1.94. The highest BCUT2D eigenvalue weighted by molar-refractivity contribution is 4.49. The lowest BCUT2D eigenvalue weighted by atomic mass is 10.3. The van der Waals surface area contributed by atoms with E-state index in [1.165, 1.54) is 32.5 Å². The van der Waals surface area contributed by atoms with Crippen LogP contribution in [0.1, 0.15) is 47.5 Å². The van der Waals surface area contributed by atoms with Crippen LogP contribution in [0.15, 0.2) is 0 Å². The molecule has 0 spiro atoms. The van der Waals surface area contributed by atoms with Gasteiger partial charge in [0.05, 0.1) is 0 Å². The molecule has 0 fully saturated rings. The molecular formula is C10H25N. The van der Waals surface area contributed by atoms with Gasteiger partial charge in [0.25, 0.3) is 0 Å².